The van der Waals surface area contributed by atoms with Crippen LogP contribution < -0.4 is 15.7 Å². The van der Waals surface area contributed by atoms with Crippen LogP contribution in [-0.2, 0) is 6.18 Å². The normalized spacial score (nSPS) is 11.4. The third kappa shape index (κ3) is 3.90. The molecule has 0 aliphatic heterocycles. The number of methoxy groups -OCH3 is 1. The van der Waals surface area contributed by atoms with E-state index in [4.69, 9.17) is 20.8 Å². The van der Waals surface area contributed by atoms with Crippen LogP contribution >= 0.6 is 11.6 Å². The van der Waals surface area contributed by atoms with Gasteiger partial charge in [0.25, 0.3) is 5.91 Å². The van der Waals surface area contributed by atoms with Crippen LogP contribution in [0.5, 0.6) is 5.75 Å². The minimum atomic E-state index is -4.61. The molecule has 0 saturated heterocycles. The van der Waals surface area contributed by atoms with Crippen molar-refractivity contribution < 1.29 is 27.1 Å². The number of fused-ring (bicyclic) bond motifs is 1. The van der Waals surface area contributed by atoms with Gasteiger partial charge in [-0.2, -0.15) is 13.2 Å². The summed E-state index contributed by atoms with van der Waals surface area (Å²) in [6.07, 6.45) is -4.61. The van der Waals surface area contributed by atoms with Crippen molar-refractivity contribution in [3.8, 4) is 5.75 Å². The molecule has 140 valence electrons. The van der Waals surface area contributed by atoms with Gasteiger partial charge in [-0.25, -0.2) is 4.79 Å². The van der Waals surface area contributed by atoms with Gasteiger partial charge in [-0.05, 0) is 42.5 Å². The van der Waals surface area contributed by atoms with Crippen molar-refractivity contribution >= 4 is 34.2 Å². The van der Waals surface area contributed by atoms with Crippen LogP contribution in [0.4, 0.5) is 18.9 Å². The molecular formula is C18H11ClF3NO4. The van der Waals surface area contributed by atoms with Crippen molar-refractivity contribution in [2.75, 3.05) is 12.4 Å². The lowest BCUT2D eigenvalue weighted by molar-refractivity contribution is -0.137. The summed E-state index contributed by atoms with van der Waals surface area (Å²) in [6.45, 7) is 0. The molecular weight excluding hydrogens is 387 g/mol. The third-order valence-electron chi connectivity index (χ3n) is 3.73. The molecule has 3 aromatic rings. The maximum atomic E-state index is 12.8. The fourth-order valence-corrected chi connectivity index (χ4v) is 2.54. The second-order valence-corrected chi connectivity index (χ2v) is 5.90. The first kappa shape index (κ1) is 18.8. The van der Waals surface area contributed by atoms with Crippen LogP contribution in [0.25, 0.3) is 11.0 Å². The van der Waals surface area contributed by atoms with Gasteiger partial charge in [0, 0.05) is 5.39 Å². The highest BCUT2D eigenvalue weighted by Crippen LogP contribution is 2.34. The molecule has 0 unspecified atom stereocenters. The van der Waals surface area contributed by atoms with E-state index in [9.17, 15) is 22.8 Å². The Morgan fingerprint density at radius 2 is 1.89 bits per heavy atom. The number of halogens is 4. The molecule has 3 rings (SSSR count). The van der Waals surface area contributed by atoms with Gasteiger partial charge in [-0.15, -0.1) is 0 Å². The summed E-state index contributed by atoms with van der Waals surface area (Å²) in [4.78, 5) is 24.5. The van der Waals surface area contributed by atoms with Crippen LogP contribution in [0.1, 0.15) is 15.9 Å². The zero-order valence-corrected chi connectivity index (χ0v) is 14.4. The van der Waals surface area contributed by atoms with Crippen molar-refractivity contribution in [3.05, 3.63) is 69.0 Å². The Morgan fingerprint density at radius 1 is 1.15 bits per heavy atom. The number of benzene rings is 2. The van der Waals surface area contributed by atoms with Crippen molar-refractivity contribution in [2.24, 2.45) is 0 Å². The zero-order valence-electron chi connectivity index (χ0n) is 13.7. The summed E-state index contributed by atoms with van der Waals surface area (Å²) in [5, 5.41) is 2.51. The van der Waals surface area contributed by atoms with E-state index in [1.807, 2.05) is 0 Å². The Hall–Kier alpha value is -3.00. The molecule has 2 aromatic carbocycles. The Morgan fingerprint density at radius 3 is 2.56 bits per heavy atom. The molecule has 0 aliphatic rings. The zero-order chi connectivity index (χ0) is 19.8. The van der Waals surface area contributed by atoms with Gasteiger partial charge in [0.2, 0.25) is 0 Å². The number of ether oxygens (including phenoxy) is 1. The third-order valence-corrected chi connectivity index (χ3v) is 4.06. The number of amides is 1. The fourth-order valence-electron chi connectivity index (χ4n) is 2.37. The van der Waals surface area contributed by atoms with Crippen LogP contribution in [0.3, 0.4) is 0 Å². The summed E-state index contributed by atoms with van der Waals surface area (Å²) in [7, 11) is 1.45. The van der Waals surface area contributed by atoms with Gasteiger partial charge in [-0.1, -0.05) is 11.6 Å². The topological polar surface area (TPSA) is 68.5 Å². The summed E-state index contributed by atoms with van der Waals surface area (Å²) >= 11 is 5.85. The van der Waals surface area contributed by atoms with Gasteiger partial charge in [0.15, 0.2) is 0 Å². The van der Waals surface area contributed by atoms with E-state index in [1.165, 1.54) is 19.2 Å². The molecule has 0 fully saturated rings. The second kappa shape index (κ2) is 6.96. The molecule has 1 aromatic heterocycles. The van der Waals surface area contributed by atoms with E-state index >= 15 is 0 Å². The van der Waals surface area contributed by atoms with Gasteiger partial charge < -0.3 is 14.5 Å². The van der Waals surface area contributed by atoms with Gasteiger partial charge in [0.1, 0.15) is 16.9 Å². The maximum Gasteiger partial charge on any atom is 0.416 e. The summed E-state index contributed by atoms with van der Waals surface area (Å²) in [5.41, 5.74) is -2.36. The van der Waals surface area contributed by atoms with Crippen molar-refractivity contribution in [1.29, 1.82) is 0 Å². The number of alkyl halides is 3. The highest BCUT2D eigenvalue weighted by molar-refractivity contribution is 6.34. The minimum absolute atomic E-state index is 0.108. The first-order chi connectivity index (χ1) is 12.7. The summed E-state index contributed by atoms with van der Waals surface area (Å²) in [6, 6.07) is 8.37. The van der Waals surface area contributed by atoms with Crippen LogP contribution in [0.2, 0.25) is 5.02 Å². The van der Waals surface area contributed by atoms with Crippen LogP contribution in [-0.4, -0.2) is 13.0 Å². The average molecular weight is 398 g/mol. The number of hydrogen-bond acceptors (Lipinski definition) is 4. The molecule has 0 atom stereocenters. The van der Waals surface area contributed by atoms with E-state index < -0.39 is 23.3 Å². The van der Waals surface area contributed by atoms with E-state index in [0.29, 0.717) is 17.2 Å². The van der Waals surface area contributed by atoms with Crippen molar-refractivity contribution in [2.45, 2.75) is 6.18 Å². The molecule has 1 heterocycles. The highest BCUT2D eigenvalue weighted by Gasteiger charge is 2.31. The summed E-state index contributed by atoms with van der Waals surface area (Å²) in [5.74, 6) is -0.474. The SMILES string of the molecule is COc1ccc2oc(=O)c(C(=O)Nc3cc(C(F)(F)F)ccc3Cl)cc2c1. The number of carbonyl (C=O) groups is 1. The molecule has 0 spiro atoms. The Kier molecular flexibility index (Phi) is 4.84. The molecule has 9 heteroatoms. The molecule has 0 bridgehead atoms. The lowest BCUT2D eigenvalue weighted by Crippen LogP contribution is -2.21. The number of rotatable bonds is 3. The van der Waals surface area contributed by atoms with Gasteiger partial charge in [-0.3, -0.25) is 4.79 Å². The Balaban J connectivity index is 1.99. The standard InChI is InChI=1S/C18H11ClF3NO4/c1-26-11-3-5-15-9(6-11)7-12(17(25)27-15)16(24)23-14-8-10(18(20,21)22)2-4-13(14)19/h2-8H,1H3,(H,23,24). The van der Waals surface area contributed by atoms with Crippen molar-refractivity contribution in [1.82, 2.24) is 0 Å². The van der Waals surface area contributed by atoms with Crippen LogP contribution in [0, 0.1) is 0 Å². The predicted molar refractivity (Wildman–Crippen MR) is 93.4 cm³/mol. The van der Waals surface area contributed by atoms with E-state index in [0.717, 1.165) is 12.1 Å². The number of nitrogens with one attached hydrogen (secondary N) is 1. The van der Waals surface area contributed by atoms with E-state index in [-0.39, 0.29) is 21.9 Å². The smallest absolute Gasteiger partial charge is 0.416 e. The summed E-state index contributed by atoms with van der Waals surface area (Å²) < 4.78 is 48.7. The largest absolute Gasteiger partial charge is 0.497 e. The Bertz CT molecular complexity index is 1090. The number of carbonyl (C=O) groups excluding carboxylic acids is 1. The highest BCUT2D eigenvalue weighted by atomic mass is 35.5. The fraction of sp³-hybridized carbons (Fsp3) is 0.111. The van der Waals surface area contributed by atoms with Crippen molar-refractivity contribution in [3.63, 3.8) is 0 Å². The quantitative estimate of drug-likeness (QED) is 0.649. The number of hydrogen-bond donors (Lipinski definition) is 1. The molecule has 0 radical (unpaired) electrons. The van der Waals surface area contributed by atoms with Gasteiger partial charge >= 0.3 is 11.8 Å². The first-order valence-corrected chi connectivity index (χ1v) is 7.87. The maximum absolute atomic E-state index is 12.8. The first-order valence-electron chi connectivity index (χ1n) is 7.49. The molecule has 0 aliphatic carbocycles. The van der Waals surface area contributed by atoms with Gasteiger partial charge in [0.05, 0.1) is 23.4 Å². The Labute approximate surface area is 155 Å². The second-order valence-electron chi connectivity index (χ2n) is 5.50. The molecule has 5 nitrogen and oxygen atoms in total. The van der Waals surface area contributed by atoms with E-state index in [2.05, 4.69) is 5.32 Å². The predicted octanol–water partition coefficient (Wildman–Crippen LogP) is 4.73. The van der Waals surface area contributed by atoms with Crippen LogP contribution in [0.15, 0.2) is 51.7 Å². The lowest BCUT2D eigenvalue weighted by atomic mass is 10.1. The lowest BCUT2D eigenvalue weighted by Gasteiger charge is -2.11. The number of anilines is 1. The average Bonchev–Trinajstić information content (AvgIpc) is 2.61. The molecule has 27 heavy (non-hydrogen) atoms. The van der Waals surface area contributed by atoms with E-state index in [1.54, 1.807) is 12.1 Å². The minimum Gasteiger partial charge on any atom is -0.497 e. The molecule has 1 N–H and O–H groups in total. The molecule has 1 amide bonds. The molecule has 0 saturated carbocycles. The monoisotopic (exact) mass is 397 g/mol.